The van der Waals surface area contributed by atoms with Crippen LogP contribution in [0, 0.1) is 0 Å². The number of hydrogen-bond donors (Lipinski definition) is 2. The first-order chi connectivity index (χ1) is 12.7. The number of ether oxygens (including phenoxy) is 1. The average molecular weight is 387 g/mol. The summed E-state index contributed by atoms with van der Waals surface area (Å²) in [6.07, 6.45) is -3.61. The molecule has 2 N–H and O–H groups in total. The van der Waals surface area contributed by atoms with Gasteiger partial charge >= 0.3 is 18.3 Å². The van der Waals surface area contributed by atoms with Gasteiger partial charge in [-0.15, -0.1) is 0 Å². The molecule has 0 spiro atoms. The zero-order valence-corrected chi connectivity index (χ0v) is 15.3. The summed E-state index contributed by atoms with van der Waals surface area (Å²) >= 11 is 0. The molecule has 0 aromatic heterocycles. The first-order valence-corrected chi connectivity index (χ1v) is 8.86. The van der Waals surface area contributed by atoms with E-state index >= 15 is 0 Å². The molecule has 9 heteroatoms. The number of amides is 3. The van der Waals surface area contributed by atoms with Crippen LogP contribution in [0.5, 0.6) is 0 Å². The van der Waals surface area contributed by atoms with Gasteiger partial charge in [0.1, 0.15) is 0 Å². The Kier molecular flexibility index (Phi) is 6.92. The predicted molar refractivity (Wildman–Crippen MR) is 93.1 cm³/mol. The van der Waals surface area contributed by atoms with Crippen molar-refractivity contribution in [1.29, 1.82) is 0 Å². The maximum absolute atomic E-state index is 12.8. The number of nitrogens with zero attached hydrogens (tertiary/aromatic N) is 1. The van der Waals surface area contributed by atoms with Crippen molar-refractivity contribution in [2.45, 2.75) is 44.9 Å². The molecule has 0 saturated carbocycles. The van der Waals surface area contributed by atoms with Crippen molar-refractivity contribution in [1.82, 2.24) is 15.5 Å². The molecule has 2 rings (SSSR count). The SMILES string of the molecule is CCOC(=O)N1CCC(NC(=O)NC(C)c2cccc(C(F)(F)F)c2)CC1. The summed E-state index contributed by atoms with van der Waals surface area (Å²) < 4.78 is 43.3. The predicted octanol–water partition coefficient (Wildman–Crippen LogP) is 3.69. The molecule has 1 atom stereocenters. The molecule has 1 aromatic rings. The minimum absolute atomic E-state index is 0.107. The van der Waals surface area contributed by atoms with Crippen LogP contribution in [-0.4, -0.2) is 42.8 Å². The Balaban J connectivity index is 1.83. The lowest BCUT2D eigenvalue weighted by Gasteiger charge is -2.31. The molecule has 6 nitrogen and oxygen atoms in total. The van der Waals surface area contributed by atoms with Crippen LogP contribution in [0.2, 0.25) is 0 Å². The van der Waals surface area contributed by atoms with Gasteiger partial charge in [0.2, 0.25) is 0 Å². The summed E-state index contributed by atoms with van der Waals surface area (Å²) in [4.78, 5) is 25.4. The molecule has 1 fully saturated rings. The van der Waals surface area contributed by atoms with Gasteiger partial charge in [0.25, 0.3) is 0 Å². The minimum Gasteiger partial charge on any atom is -0.450 e. The number of benzene rings is 1. The molecule has 0 aliphatic carbocycles. The van der Waals surface area contributed by atoms with Gasteiger partial charge < -0.3 is 20.3 Å². The Morgan fingerprint density at radius 1 is 1.30 bits per heavy atom. The van der Waals surface area contributed by atoms with Crippen molar-refractivity contribution in [3.05, 3.63) is 35.4 Å². The van der Waals surface area contributed by atoms with Crippen LogP contribution in [-0.2, 0) is 10.9 Å². The quantitative estimate of drug-likeness (QED) is 0.828. The highest BCUT2D eigenvalue weighted by atomic mass is 19.4. The standard InChI is InChI=1S/C18H24F3N3O3/c1-3-27-17(26)24-9-7-15(8-10-24)23-16(25)22-12(2)13-5-4-6-14(11-13)18(19,20)21/h4-6,11-12,15H,3,7-10H2,1-2H3,(H2,22,23,25). The highest BCUT2D eigenvalue weighted by Gasteiger charge is 2.31. The number of rotatable bonds is 4. The normalized spacial score (nSPS) is 16.6. The lowest BCUT2D eigenvalue weighted by molar-refractivity contribution is -0.137. The third-order valence-corrected chi connectivity index (χ3v) is 4.42. The highest BCUT2D eigenvalue weighted by Crippen LogP contribution is 2.30. The van der Waals surface area contributed by atoms with E-state index in [1.165, 1.54) is 12.1 Å². The lowest BCUT2D eigenvalue weighted by Crippen LogP contribution is -2.49. The number of piperidine rings is 1. The van der Waals surface area contributed by atoms with Gasteiger partial charge in [0.05, 0.1) is 18.2 Å². The fourth-order valence-corrected chi connectivity index (χ4v) is 2.91. The molecule has 150 valence electrons. The van der Waals surface area contributed by atoms with Gasteiger partial charge in [-0.3, -0.25) is 0 Å². The molecule has 0 bridgehead atoms. The van der Waals surface area contributed by atoms with Crippen molar-refractivity contribution in [3.63, 3.8) is 0 Å². The van der Waals surface area contributed by atoms with Crippen molar-refractivity contribution in [2.24, 2.45) is 0 Å². The summed E-state index contributed by atoms with van der Waals surface area (Å²) in [5, 5.41) is 5.46. The Bertz CT molecular complexity index is 659. The van der Waals surface area contributed by atoms with Crippen LogP contribution in [0.15, 0.2) is 24.3 Å². The molecule has 1 unspecified atom stereocenters. The number of halogens is 3. The molecule has 1 saturated heterocycles. The van der Waals surface area contributed by atoms with E-state index in [2.05, 4.69) is 10.6 Å². The van der Waals surface area contributed by atoms with Crippen molar-refractivity contribution >= 4 is 12.1 Å². The Morgan fingerprint density at radius 3 is 2.56 bits per heavy atom. The lowest BCUT2D eigenvalue weighted by atomic mass is 10.0. The van der Waals surface area contributed by atoms with Crippen LogP contribution in [0.25, 0.3) is 0 Å². The van der Waals surface area contributed by atoms with Gasteiger partial charge in [0, 0.05) is 19.1 Å². The number of alkyl halides is 3. The van der Waals surface area contributed by atoms with Gasteiger partial charge in [-0.05, 0) is 44.4 Å². The summed E-state index contributed by atoms with van der Waals surface area (Å²) in [5.41, 5.74) is -0.377. The zero-order chi connectivity index (χ0) is 20.0. The van der Waals surface area contributed by atoms with E-state index in [0.717, 1.165) is 12.1 Å². The fourth-order valence-electron chi connectivity index (χ4n) is 2.91. The molecule has 1 aromatic carbocycles. The van der Waals surface area contributed by atoms with E-state index in [1.54, 1.807) is 18.7 Å². The molecule has 0 radical (unpaired) electrons. The maximum atomic E-state index is 12.8. The van der Waals surface area contributed by atoms with Crippen molar-refractivity contribution in [3.8, 4) is 0 Å². The Morgan fingerprint density at radius 2 is 1.96 bits per heavy atom. The smallest absolute Gasteiger partial charge is 0.416 e. The first-order valence-electron chi connectivity index (χ1n) is 8.86. The van der Waals surface area contributed by atoms with Gasteiger partial charge in [-0.1, -0.05) is 12.1 Å². The second-order valence-electron chi connectivity index (χ2n) is 6.42. The zero-order valence-electron chi connectivity index (χ0n) is 15.3. The van der Waals surface area contributed by atoms with Crippen molar-refractivity contribution < 1.29 is 27.5 Å². The second kappa shape index (κ2) is 8.96. The average Bonchev–Trinajstić information content (AvgIpc) is 2.61. The Labute approximate surface area is 156 Å². The van der Waals surface area contributed by atoms with Crippen LogP contribution in [0.1, 0.15) is 43.9 Å². The van der Waals surface area contributed by atoms with E-state index in [4.69, 9.17) is 4.74 Å². The van der Waals surface area contributed by atoms with Gasteiger partial charge in [-0.25, -0.2) is 9.59 Å². The number of carbonyl (C=O) groups is 2. The summed E-state index contributed by atoms with van der Waals surface area (Å²) in [6.45, 7) is 4.63. The van der Waals surface area contributed by atoms with Gasteiger partial charge in [0.15, 0.2) is 0 Å². The monoisotopic (exact) mass is 387 g/mol. The largest absolute Gasteiger partial charge is 0.450 e. The van der Waals surface area contributed by atoms with Crippen LogP contribution < -0.4 is 10.6 Å². The number of carbonyl (C=O) groups excluding carboxylic acids is 2. The number of likely N-dealkylation sites (tertiary alicyclic amines) is 1. The summed E-state index contributed by atoms with van der Waals surface area (Å²) in [5.74, 6) is 0. The third-order valence-electron chi connectivity index (χ3n) is 4.42. The Hall–Kier alpha value is -2.45. The summed E-state index contributed by atoms with van der Waals surface area (Å²) in [6, 6.07) is 3.75. The summed E-state index contributed by atoms with van der Waals surface area (Å²) in [7, 11) is 0. The fraction of sp³-hybridized carbons (Fsp3) is 0.556. The van der Waals surface area contributed by atoms with E-state index in [0.29, 0.717) is 38.1 Å². The van der Waals surface area contributed by atoms with E-state index < -0.39 is 23.8 Å². The van der Waals surface area contributed by atoms with Crippen LogP contribution in [0.3, 0.4) is 0 Å². The second-order valence-corrected chi connectivity index (χ2v) is 6.42. The molecule has 27 heavy (non-hydrogen) atoms. The van der Waals surface area contributed by atoms with E-state index in [9.17, 15) is 22.8 Å². The molecule has 3 amide bonds. The van der Waals surface area contributed by atoms with Crippen LogP contribution in [0.4, 0.5) is 22.8 Å². The highest BCUT2D eigenvalue weighted by molar-refractivity contribution is 5.75. The molecule has 1 heterocycles. The molecule has 1 aliphatic rings. The van der Waals surface area contributed by atoms with E-state index in [-0.39, 0.29) is 12.1 Å². The third kappa shape index (κ3) is 6.04. The van der Waals surface area contributed by atoms with Crippen LogP contribution >= 0.6 is 0 Å². The minimum atomic E-state index is -4.43. The number of hydrogen-bond acceptors (Lipinski definition) is 3. The van der Waals surface area contributed by atoms with Gasteiger partial charge in [-0.2, -0.15) is 13.2 Å². The number of urea groups is 1. The topological polar surface area (TPSA) is 70.7 Å². The number of nitrogens with one attached hydrogen (secondary N) is 2. The molecule has 1 aliphatic heterocycles. The maximum Gasteiger partial charge on any atom is 0.416 e. The van der Waals surface area contributed by atoms with Crippen molar-refractivity contribution in [2.75, 3.05) is 19.7 Å². The first kappa shape index (κ1) is 20.9. The molecular weight excluding hydrogens is 363 g/mol. The van der Waals surface area contributed by atoms with E-state index in [1.807, 2.05) is 0 Å². The molecular formula is C18H24F3N3O3.